The van der Waals surface area contributed by atoms with Gasteiger partial charge in [0.1, 0.15) is 0 Å². The Bertz CT molecular complexity index is 707. The number of rotatable bonds is 1. The minimum absolute atomic E-state index is 0.0831. The lowest BCUT2D eigenvalue weighted by atomic mass is 10.1. The van der Waals surface area contributed by atoms with Crippen molar-refractivity contribution in [2.24, 2.45) is 10.2 Å². The van der Waals surface area contributed by atoms with E-state index in [0.717, 1.165) is 23.1 Å². The SMILES string of the molecule is CC1=NN=C(NC(=O)C(F)(F)F)N(c2cccc(C(F)(F)F)c2)C1. The molecule has 5 nitrogen and oxygen atoms in total. The Kier molecular flexibility index (Phi) is 4.54. The van der Waals surface area contributed by atoms with Crippen LogP contribution in [-0.4, -0.2) is 30.3 Å². The van der Waals surface area contributed by atoms with Crippen LogP contribution in [0.4, 0.5) is 32.0 Å². The Hall–Kier alpha value is -2.59. The number of carbonyl (C=O) groups is 1. The van der Waals surface area contributed by atoms with E-state index in [1.165, 1.54) is 18.3 Å². The number of anilines is 1. The zero-order chi connectivity index (χ0) is 18.1. The van der Waals surface area contributed by atoms with Gasteiger partial charge in [0.15, 0.2) is 0 Å². The number of hydrogen-bond donors (Lipinski definition) is 1. The van der Waals surface area contributed by atoms with Crippen molar-refractivity contribution < 1.29 is 31.1 Å². The Balaban J connectivity index is 2.35. The lowest BCUT2D eigenvalue weighted by molar-refractivity contribution is -0.171. The van der Waals surface area contributed by atoms with E-state index >= 15 is 0 Å². The molecule has 2 rings (SSSR count). The third-order valence-electron chi connectivity index (χ3n) is 2.93. The highest BCUT2D eigenvalue weighted by Gasteiger charge is 2.40. The summed E-state index contributed by atoms with van der Waals surface area (Å²) in [6.45, 7) is 1.37. The van der Waals surface area contributed by atoms with E-state index in [1.54, 1.807) is 0 Å². The molecule has 0 bridgehead atoms. The topological polar surface area (TPSA) is 57.1 Å². The predicted molar refractivity (Wildman–Crippen MR) is 73.5 cm³/mol. The van der Waals surface area contributed by atoms with Gasteiger partial charge in [0.2, 0.25) is 5.96 Å². The summed E-state index contributed by atoms with van der Waals surface area (Å²) in [5, 5.41) is 8.49. The maximum atomic E-state index is 12.8. The Morgan fingerprint density at radius 1 is 1.17 bits per heavy atom. The molecule has 0 aliphatic carbocycles. The Morgan fingerprint density at radius 2 is 1.83 bits per heavy atom. The van der Waals surface area contributed by atoms with E-state index in [-0.39, 0.29) is 12.2 Å². The number of halogens is 6. The van der Waals surface area contributed by atoms with Gasteiger partial charge in [-0.1, -0.05) is 6.07 Å². The molecule has 0 spiro atoms. The summed E-state index contributed by atoms with van der Waals surface area (Å²) in [5.41, 5.74) is -0.723. The molecular weight excluding hydrogens is 342 g/mol. The van der Waals surface area contributed by atoms with Crippen LogP contribution in [0.15, 0.2) is 34.5 Å². The summed E-state index contributed by atoms with van der Waals surface area (Å²) < 4.78 is 75.4. The largest absolute Gasteiger partial charge is 0.471 e. The van der Waals surface area contributed by atoms with Gasteiger partial charge in [0, 0.05) is 5.69 Å². The monoisotopic (exact) mass is 352 g/mol. The highest BCUT2D eigenvalue weighted by molar-refractivity contribution is 6.10. The summed E-state index contributed by atoms with van der Waals surface area (Å²) in [5.74, 6) is -2.91. The van der Waals surface area contributed by atoms with Gasteiger partial charge in [-0.05, 0) is 25.1 Å². The van der Waals surface area contributed by atoms with Crippen LogP contribution in [0.2, 0.25) is 0 Å². The van der Waals surface area contributed by atoms with E-state index in [2.05, 4.69) is 10.2 Å². The molecule has 0 saturated heterocycles. The van der Waals surface area contributed by atoms with Gasteiger partial charge in [0.25, 0.3) is 0 Å². The summed E-state index contributed by atoms with van der Waals surface area (Å²) in [4.78, 5) is 12.0. The van der Waals surface area contributed by atoms with Gasteiger partial charge in [-0.2, -0.15) is 31.4 Å². The normalized spacial score (nSPS) is 15.7. The van der Waals surface area contributed by atoms with Crippen molar-refractivity contribution in [2.45, 2.75) is 19.3 Å². The fourth-order valence-electron chi connectivity index (χ4n) is 1.85. The molecule has 130 valence electrons. The zero-order valence-corrected chi connectivity index (χ0v) is 12.0. The quantitative estimate of drug-likeness (QED) is 0.790. The van der Waals surface area contributed by atoms with Crippen molar-refractivity contribution in [1.29, 1.82) is 0 Å². The second kappa shape index (κ2) is 6.13. The molecule has 24 heavy (non-hydrogen) atoms. The summed E-state index contributed by atoms with van der Waals surface area (Å²) in [6, 6.07) is 3.92. The number of amides is 1. The highest BCUT2D eigenvalue weighted by Crippen LogP contribution is 2.32. The fourth-order valence-corrected chi connectivity index (χ4v) is 1.85. The third-order valence-corrected chi connectivity index (χ3v) is 2.93. The minimum atomic E-state index is -5.17. The van der Waals surface area contributed by atoms with Gasteiger partial charge < -0.3 is 4.90 Å². The van der Waals surface area contributed by atoms with Crippen LogP contribution < -0.4 is 10.2 Å². The lowest BCUT2D eigenvalue weighted by Gasteiger charge is -2.28. The summed E-state index contributed by atoms with van der Waals surface area (Å²) in [7, 11) is 0. The Morgan fingerprint density at radius 3 is 2.42 bits per heavy atom. The smallest absolute Gasteiger partial charge is 0.305 e. The number of nitrogens with one attached hydrogen (secondary N) is 1. The van der Waals surface area contributed by atoms with Crippen molar-refractivity contribution >= 4 is 23.3 Å². The molecule has 1 aliphatic heterocycles. The van der Waals surface area contributed by atoms with E-state index in [9.17, 15) is 31.1 Å². The van der Waals surface area contributed by atoms with Gasteiger partial charge in [-0.25, -0.2) is 0 Å². The van der Waals surface area contributed by atoms with Crippen molar-refractivity contribution in [3.8, 4) is 0 Å². The van der Waals surface area contributed by atoms with Crippen LogP contribution in [0.5, 0.6) is 0 Å². The molecule has 0 aromatic heterocycles. The molecule has 0 radical (unpaired) electrons. The number of benzene rings is 1. The fraction of sp³-hybridized carbons (Fsp3) is 0.308. The molecule has 1 amide bonds. The van der Waals surface area contributed by atoms with Gasteiger partial charge >= 0.3 is 18.3 Å². The van der Waals surface area contributed by atoms with E-state index in [0.29, 0.717) is 5.71 Å². The molecule has 11 heteroatoms. The maximum absolute atomic E-state index is 12.8. The van der Waals surface area contributed by atoms with Crippen molar-refractivity contribution in [1.82, 2.24) is 5.32 Å². The highest BCUT2D eigenvalue weighted by atomic mass is 19.4. The van der Waals surface area contributed by atoms with E-state index in [4.69, 9.17) is 0 Å². The lowest BCUT2D eigenvalue weighted by Crippen LogP contribution is -2.51. The van der Waals surface area contributed by atoms with Gasteiger partial charge in [0.05, 0.1) is 17.8 Å². The average molecular weight is 352 g/mol. The van der Waals surface area contributed by atoms with Crippen molar-refractivity contribution in [2.75, 3.05) is 11.4 Å². The molecule has 1 N–H and O–H groups in total. The second-order valence-corrected chi connectivity index (χ2v) is 4.84. The zero-order valence-electron chi connectivity index (χ0n) is 12.0. The van der Waals surface area contributed by atoms with Crippen molar-refractivity contribution in [3.05, 3.63) is 29.8 Å². The average Bonchev–Trinajstić information content (AvgIpc) is 2.47. The van der Waals surface area contributed by atoms with Gasteiger partial charge in [-0.15, -0.1) is 5.10 Å². The van der Waals surface area contributed by atoms with Gasteiger partial charge in [-0.3, -0.25) is 10.1 Å². The first-order valence-corrected chi connectivity index (χ1v) is 6.42. The maximum Gasteiger partial charge on any atom is 0.471 e. The standard InChI is InChI=1S/C13H10F6N4O/c1-7-6-23(9-4-2-3-8(5-9)12(14,15)16)11(22-21-7)20-10(24)13(17,18)19/h2-5H,6H2,1H3,(H,20,22,24). The molecule has 1 heterocycles. The van der Waals surface area contributed by atoms with E-state index < -0.39 is 29.8 Å². The Labute approximate surface area is 131 Å². The molecule has 1 aliphatic rings. The van der Waals surface area contributed by atoms with Crippen LogP contribution in [0.25, 0.3) is 0 Å². The van der Waals surface area contributed by atoms with Crippen LogP contribution in [0.1, 0.15) is 12.5 Å². The van der Waals surface area contributed by atoms with Crippen LogP contribution in [-0.2, 0) is 11.0 Å². The third kappa shape index (κ3) is 4.03. The number of nitrogens with zero attached hydrogens (tertiary/aromatic N) is 3. The number of carbonyl (C=O) groups excluding carboxylic acids is 1. The number of guanidine groups is 1. The first kappa shape index (κ1) is 17.8. The molecule has 1 aromatic rings. The van der Waals surface area contributed by atoms with E-state index in [1.807, 2.05) is 0 Å². The van der Waals surface area contributed by atoms with Crippen LogP contribution >= 0.6 is 0 Å². The first-order chi connectivity index (χ1) is 11.0. The minimum Gasteiger partial charge on any atom is -0.305 e. The molecule has 0 fully saturated rings. The number of alkyl halides is 6. The molecule has 1 aromatic carbocycles. The molecule has 0 unspecified atom stereocenters. The predicted octanol–water partition coefficient (Wildman–Crippen LogP) is 2.94. The van der Waals surface area contributed by atoms with Crippen LogP contribution in [0.3, 0.4) is 0 Å². The number of hydrogen-bond acceptors (Lipinski definition) is 4. The van der Waals surface area contributed by atoms with Crippen LogP contribution in [0, 0.1) is 0 Å². The molecule has 0 saturated carbocycles. The molecule has 0 atom stereocenters. The second-order valence-electron chi connectivity index (χ2n) is 4.84. The first-order valence-electron chi connectivity index (χ1n) is 6.42. The summed E-state index contributed by atoms with van der Waals surface area (Å²) >= 11 is 0. The molecular formula is C13H10F6N4O. The summed E-state index contributed by atoms with van der Waals surface area (Å²) in [6.07, 6.45) is -9.79. The van der Waals surface area contributed by atoms with Crippen molar-refractivity contribution in [3.63, 3.8) is 0 Å².